The number of benzene rings is 1. The zero-order chi connectivity index (χ0) is 13.4. The lowest BCUT2D eigenvalue weighted by Gasteiger charge is -2.28. The number of ketones is 1. The number of likely N-dealkylation sites (tertiary alicyclic amines) is 1. The summed E-state index contributed by atoms with van der Waals surface area (Å²) in [7, 11) is 2.18. The Morgan fingerprint density at radius 3 is 2.65 bits per heavy atom. The number of nitrogens with zero attached hydrogens (tertiary/aromatic N) is 1. The van der Waals surface area contributed by atoms with Crippen LogP contribution in [0.5, 0.6) is 0 Å². The zero-order valence-electron chi connectivity index (χ0n) is 12.0. The average molecular weight is 293 g/mol. The van der Waals surface area contributed by atoms with Crippen LogP contribution < -0.4 is 0 Å². The summed E-state index contributed by atoms with van der Waals surface area (Å²) < 4.78 is 0. The number of aromatic nitrogens is 1. The van der Waals surface area contributed by atoms with Crippen molar-refractivity contribution in [3.8, 4) is 0 Å². The Kier molecular flexibility index (Phi) is 4.51. The quantitative estimate of drug-likeness (QED) is 0.859. The number of carbonyl (C=O) groups excluding carboxylic acids is 1. The minimum absolute atomic E-state index is 0. The van der Waals surface area contributed by atoms with Crippen LogP contribution in [0.1, 0.15) is 41.6 Å². The van der Waals surface area contributed by atoms with Gasteiger partial charge in [0, 0.05) is 22.7 Å². The van der Waals surface area contributed by atoms with Gasteiger partial charge in [-0.15, -0.1) is 12.4 Å². The summed E-state index contributed by atoms with van der Waals surface area (Å²) in [5.74, 6) is 0.754. The van der Waals surface area contributed by atoms with Gasteiger partial charge in [-0.3, -0.25) is 4.79 Å². The molecule has 0 saturated carbocycles. The molecule has 1 saturated heterocycles. The van der Waals surface area contributed by atoms with Crippen molar-refractivity contribution in [1.82, 2.24) is 9.88 Å². The minimum Gasteiger partial charge on any atom is -0.361 e. The summed E-state index contributed by atoms with van der Waals surface area (Å²) in [5, 5.41) is 1.22. The third-order valence-corrected chi connectivity index (χ3v) is 4.28. The van der Waals surface area contributed by atoms with Crippen molar-refractivity contribution in [3.05, 3.63) is 35.5 Å². The molecule has 2 heterocycles. The van der Waals surface area contributed by atoms with Gasteiger partial charge in [-0.2, -0.15) is 0 Å². The maximum absolute atomic E-state index is 11.5. The highest BCUT2D eigenvalue weighted by Crippen LogP contribution is 2.33. The maximum atomic E-state index is 11.5. The monoisotopic (exact) mass is 292 g/mol. The first-order valence-electron chi connectivity index (χ1n) is 6.95. The molecule has 0 atom stereocenters. The number of hydrogen-bond donors (Lipinski definition) is 1. The lowest BCUT2D eigenvalue weighted by atomic mass is 9.89. The first-order chi connectivity index (χ1) is 9.15. The van der Waals surface area contributed by atoms with Crippen LogP contribution in [0.15, 0.2) is 24.4 Å². The molecule has 3 nitrogen and oxygen atoms in total. The molecule has 0 aliphatic carbocycles. The number of nitrogens with one attached hydrogen (secondary N) is 1. The second-order valence-corrected chi connectivity index (χ2v) is 5.64. The smallest absolute Gasteiger partial charge is 0.159 e. The predicted molar refractivity (Wildman–Crippen MR) is 85.0 cm³/mol. The number of halogens is 1. The molecule has 108 valence electrons. The highest BCUT2D eigenvalue weighted by Gasteiger charge is 2.21. The summed E-state index contributed by atoms with van der Waals surface area (Å²) in [6, 6.07) is 5.96. The second kappa shape index (κ2) is 5.98. The van der Waals surface area contributed by atoms with Gasteiger partial charge < -0.3 is 9.88 Å². The summed E-state index contributed by atoms with van der Waals surface area (Å²) in [6.45, 7) is 3.94. The fourth-order valence-corrected chi connectivity index (χ4v) is 3.02. The van der Waals surface area contributed by atoms with Crippen LogP contribution in [0, 0.1) is 0 Å². The number of carbonyl (C=O) groups is 1. The Balaban J connectivity index is 0.00000147. The molecule has 2 aromatic rings. The van der Waals surface area contributed by atoms with Crippen LogP contribution in [0.25, 0.3) is 10.9 Å². The molecule has 3 rings (SSSR count). The van der Waals surface area contributed by atoms with E-state index in [1.165, 1.54) is 23.8 Å². The summed E-state index contributed by atoms with van der Waals surface area (Å²) in [4.78, 5) is 17.2. The number of H-pyrrole nitrogens is 1. The van der Waals surface area contributed by atoms with Gasteiger partial charge in [-0.05, 0) is 69.6 Å². The number of rotatable bonds is 2. The largest absolute Gasteiger partial charge is 0.361 e. The van der Waals surface area contributed by atoms with E-state index in [2.05, 4.69) is 23.1 Å². The van der Waals surface area contributed by atoms with Crippen molar-refractivity contribution >= 4 is 29.1 Å². The van der Waals surface area contributed by atoms with Gasteiger partial charge in [0.25, 0.3) is 0 Å². The van der Waals surface area contributed by atoms with Gasteiger partial charge >= 0.3 is 0 Å². The highest BCUT2D eigenvalue weighted by atomic mass is 35.5. The molecule has 1 N–H and O–H groups in total. The molecule has 0 spiro atoms. The Morgan fingerprint density at radius 2 is 2.00 bits per heavy atom. The van der Waals surface area contributed by atoms with Crippen molar-refractivity contribution in [2.45, 2.75) is 25.7 Å². The number of hydrogen-bond acceptors (Lipinski definition) is 2. The fraction of sp³-hybridized carbons (Fsp3) is 0.438. The molecule has 0 amide bonds. The molecule has 0 bridgehead atoms. The molecule has 1 fully saturated rings. The molecule has 4 heteroatoms. The number of aromatic amines is 1. The lowest BCUT2D eigenvalue weighted by Crippen LogP contribution is -2.29. The number of Topliss-reactive ketones (excluding diaryl/α,β-unsaturated/α-hetero) is 1. The van der Waals surface area contributed by atoms with E-state index in [-0.39, 0.29) is 18.2 Å². The van der Waals surface area contributed by atoms with Crippen molar-refractivity contribution in [2.75, 3.05) is 20.1 Å². The Morgan fingerprint density at radius 1 is 1.30 bits per heavy atom. The number of piperidine rings is 1. The topological polar surface area (TPSA) is 36.1 Å². The first kappa shape index (κ1) is 15.1. The van der Waals surface area contributed by atoms with Crippen molar-refractivity contribution in [3.63, 3.8) is 0 Å². The third kappa shape index (κ3) is 2.74. The van der Waals surface area contributed by atoms with E-state index in [0.717, 1.165) is 24.2 Å². The van der Waals surface area contributed by atoms with Gasteiger partial charge in [0.05, 0.1) is 0 Å². The molecule has 0 unspecified atom stereocenters. The van der Waals surface area contributed by atoms with Crippen molar-refractivity contribution < 1.29 is 4.79 Å². The van der Waals surface area contributed by atoms with Gasteiger partial charge in [0.2, 0.25) is 0 Å². The first-order valence-corrected chi connectivity index (χ1v) is 6.95. The molecule has 1 aromatic heterocycles. The Bertz CT molecular complexity index is 612. The van der Waals surface area contributed by atoms with E-state index in [1.807, 2.05) is 18.2 Å². The lowest BCUT2D eigenvalue weighted by molar-refractivity contribution is 0.101. The zero-order valence-corrected chi connectivity index (χ0v) is 12.8. The summed E-state index contributed by atoms with van der Waals surface area (Å²) in [5.41, 5.74) is 3.33. The van der Waals surface area contributed by atoms with Gasteiger partial charge in [-0.25, -0.2) is 0 Å². The molecule has 1 aliphatic rings. The second-order valence-electron chi connectivity index (χ2n) is 5.64. The average Bonchev–Trinajstić information content (AvgIpc) is 2.82. The van der Waals surface area contributed by atoms with Crippen molar-refractivity contribution in [1.29, 1.82) is 0 Å². The van der Waals surface area contributed by atoms with E-state index in [0.29, 0.717) is 5.92 Å². The molecular formula is C16H21ClN2O. The van der Waals surface area contributed by atoms with Crippen LogP contribution in [0.2, 0.25) is 0 Å². The standard InChI is InChI=1S/C16H20N2O.ClH/c1-11(19)13-3-4-16-14(9-13)15(10-17-16)12-5-7-18(2)8-6-12;/h3-4,9-10,12,17H,5-8H2,1-2H3;1H. The minimum atomic E-state index is 0. The molecule has 1 aliphatic heterocycles. The Hall–Kier alpha value is -1.32. The normalized spacial score (nSPS) is 17.1. The van der Waals surface area contributed by atoms with Crippen molar-refractivity contribution in [2.24, 2.45) is 0 Å². The number of fused-ring (bicyclic) bond motifs is 1. The summed E-state index contributed by atoms with van der Waals surface area (Å²) >= 11 is 0. The van der Waals surface area contributed by atoms with Crippen LogP contribution in [0.3, 0.4) is 0 Å². The molecule has 1 aromatic carbocycles. The van der Waals surface area contributed by atoms with E-state index >= 15 is 0 Å². The van der Waals surface area contributed by atoms with Gasteiger partial charge in [0.1, 0.15) is 0 Å². The van der Waals surface area contributed by atoms with E-state index in [9.17, 15) is 4.79 Å². The van der Waals surface area contributed by atoms with Crippen LogP contribution in [-0.2, 0) is 0 Å². The van der Waals surface area contributed by atoms with Gasteiger partial charge in [-0.1, -0.05) is 0 Å². The molecule has 20 heavy (non-hydrogen) atoms. The SMILES string of the molecule is CC(=O)c1ccc2[nH]cc(C3CCN(C)CC3)c2c1.Cl. The molecule has 0 radical (unpaired) electrons. The van der Waals surface area contributed by atoms with Crippen LogP contribution in [0.4, 0.5) is 0 Å². The maximum Gasteiger partial charge on any atom is 0.159 e. The van der Waals surface area contributed by atoms with Crippen LogP contribution >= 0.6 is 12.4 Å². The van der Waals surface area contributed by atoms with E-state index in [4.69, 9.17) is 0 Å². The fourth-order valence-electron chi connectivity index (χ4n) is 3.02. The van der Waals surface area contributed by atoms with Gasteiger partial charge in [0.15, 0.2) is 5.78 Å². The summed E-state index contributed by atoms with van der Waals surface area (Å²) in [6.07, 6.45) is 4.53. The predicted octanol–water partition coefficient (Wildman–Crippen LogP) is 3.60. The van der Waals surface area contributed by atoms with Crippen LogP contribution in [-0.4, -0.2) is 35.8 Å². The third-order valence-electron chi connectivity index (χ3n) is 4.28. The van der Waals surface area contributed by atoms with E-state index in [1.54, 1.807) is 6.92 Å². The van der Waals surface area contributed by atoms with E-state index < -0.39 is 0 Å². The Labute approximate surface area is 125 Å². The highest BCUT2D eigenvalue weighted by molar-refractivity contribution is 5.98. The molecular weight excluding hydrogens is 272 g/mol.